The molecule has 0 spiro atoms. The molecular formula is C16H25NO2. The number of methoxy groups -OCH3 is 1. The van der Waals surface area contributed by atoms with Crippen LogP contribution in [-0.4, -0.2) is 36.3 Å². The Morgan fingerprint density at radius 3 is 2.95 bits per heavy atom. The average molecular weight is 263 g/mol. The number of hydrogen-bond acceptors (Lipinski definition) is 3. The maximum Gasteiger partial charge on any atom is 0.115 e. The first-order valence-electron chi connectivity index (χ1n) is 7.23. The van der Waals surface area contributed by atoms with Gasteiger partial charge in [0.1, 0.15) is 5.75 Å². The van der Waals surface area contributed by atoms with Gasteiger partial charge in [-0.15, -0.1) is 0 Å². The van der Waals surface area contributed by atoms with Crippen molar-refractivity contribution in [2.45, 2.75) is 45.2 Å². The smallest absolute Gasteiger partial charge is 0.115 e. The first kappa shape index (κ1) is 14.4. The van der Waals surface area contributed by atoms with E-state index in [4.69, 9.17) is 4.74 Å². The monoisotopic (exact) mass is 263 g/mol. The summed E-state index contributed by atoms with van der Waals surface area (Å²) in [7, 11) is 1.76. The van der Waals surface area contributed by atoms with Crippen LogP contribution in [0.3, 0.4) is 0 Å². The number of aromatic hydroxyl groups is 1. The fraction of sp³-hybridized carbons (Fsp3) is 0.625. The zero-order chi connectivity index (χ0) is 13.8. The van der Waals surface area contributed by atoms with Crippen molar-refractivity contribution >= 4 is 0 Å². The van der Waals surface area contributed by atoms with E-state index in [-0.39, 0.29) is 0 Å². The number of likely N-dealkylation sites (N-methyl/N-ethyl adjacent to an activating group) is 1. The number of hydrogen-bond donors (Lipinski definition) is 1. The predicted octanol–water partition coefficient (Wildman–Crippen LogP) is 3.13. The Morgan fingerprint density at radius 1 is 1.47 bits per heavy atom. The molecule has 2 unspecified atom stereocenters. The molecule has 1 aliphatic rings. The standard InChI is InChI=1S/C16H25NO2/c1-4-17(12(2)11-19-3)16-7-5-6-13-10-14(18)8-9-15(13)16/h8-10,12,16,18H,4-7,11H2,1-3H3. The van der Waals surface area contributed by atoms with Gasteiger partial charge in [0.2, 0.25) is 0 Å². The molecule has 0 amide bonds. The summed E-state index contributed by atoms with van der Waals surface area (Å²) >= 11 is 0. The summed E-state index contributed by atoms with van der Waals surface area (Å²) in [5.41, 5.74) is 2.69. The summed E-state index contributed by atoms with van der Waals surface area (Å²) < 4.78 is 5.30. The zero-order valence-corrected chi connectivity index (χ0v) is 12.2. The van der Waals surface area contributed by atoms with E-state index in [0.717, 1.165) is 19.6 Å². The molecule has 1 N–H and O–H groups in total. The third kappa shape index (κ3) is 3.10. The Bertz CT molecular complexity index is 419. The lowest BCUT2D eigenvalue weighted by molar-refractivity contribution is 0.0666. The second-order valence-corrected chi connectivity index (χ2v) is 5.43. The Hall–Kier alpha value is -1.06. The predicted molar refractivity (Wildman–Crippen MR) is 77.5 cm³/mol. The molecule has 0 bridgehead atoms. The highest BCUT2D eigenvalue weighted by Gasteiger charge is 2.28. The van der Waals surface area contributed by atoms with E-state index in [9.17, 15) is 5.11 Å². The highest BCUT2D eigenvalue weighted by molar-refractivity contribution is 5.38. The van der Waals surface area contributed by atoms with Gasteiger partial charge in [0.05, 0.1) is 6.61 Å². The van der Waals surface area contributed by atoms with Crippen LogP contribution in [0.4, 0.5) is 0 Å². The summed E-state index contributed by atoms with van der Waals surface area (Å²) in [6.45, 7) is 6.22. The van der Waals surface area contributed by atoms with E-state index in [2.05, 4.69) is 24.8 Å². The molecular weight excluding hydrogens is 238 g/mol. The molecule has 2 atom stereocenters. The van der Waals surface area contributed by atoms with Crippen LogP contribution in [0.1, 0.15) is 43.9 Å². The minimum Gasteiger partial charge on any atom is -0.508 e. The molecule has 1 aliphatic carbocycles. The average Bonchev–Trinajstić information content (AvgIpc) is 2.39. The van der Waals surface area contributed by atoms with E-state index in [0.29, 0.717) is 17.8 Å². The van der Waals surface area contributed by atoms with Crippen LogP contribution in [0, 0.1) is 0 Å². The highest BCUT2D eigenvalue weighted by atomic mass is 16.5. The number of aryl methyl sites for hydroxylation is 1. The van der Waals surface area contributed by atoms with Gasteiger partial charge in [0, 0.05) is 19.2 Å². The second-order valence-electron chi connectivity index (χ2n) is 5.43. The first-order chi connectivity index (χ1) is 9.17. The number of nitrogens with zero attached hydrogens (tertiary/aromatic N) is 1. The van der Waals surface area contributed by atoms with Crippen LogP contribution in [0.15, 0.2) is 18.2 Å². The Balaban J connectivity index is 2.26. The van der Waals surface area contributed by atoms with Crippen molar-refractivity contribution in [2.24, 2.45) is 0 Å². The first-order valence-corrected chi connectivity index (χ1v) is 7.23. The second kappa shape index (κ2) is 6.40. The summed E-state index contributed by atoms with van der Waals surface area (Å²) in [5, 5.41) is 9.63. The van der Waals surface area contributed by atoms with Gasteiger partial charge in [-0.1, -0.05) is 13.0 Å². The minimum absolute atomic E-state index is 0.382. The Labute approximate surface area is 116 Å². The van der Waals surface area contributed by atoms with Crippen molar-refractivity contribution in [2.75, 3.05) is 20.3 Å². The minimum atomic E-state index is 0.382. The maximum absolute atomic E-state index is 9.63. The summed E-state index contributed by atoms with van der Waals surface area (Å²) in [6, 6.07) is 6.71. The number of fused-ring (bicyclic) bond motifs is 1. The van der Waals surface area contributed by atoms with Crippen molar-refractivity contribution in [1.29, 1.82) is 0 Å². The lowest BCUT2D eigenvalue weighted by atomic mass is 9.86. The van der Waals surface area contributed by atoms with Crippen LogP contribution in [-0.2, 0) is 11.2 Å². The number of benzene rings is 1. The van der Waals surface area contributed by atoms with E-state index in [1.165, 1.54) is 24.0 Å². The van der Waals surface area contributed by atoms with Gasteiger partial charge in [-0.2, -0.15) is 0 Å². The van der Waals surface area contributed by atoms with Crippen molar-refractivity contribution in [3.63, 3.8) is 0 Å². The molecule has 0 aromatic heterocycles. The molecule has 3 heteroatoms. The van der Waals surface area contributed by atoms with Crippen molar-refractivity contribution in [1.82, 2.24) is 4.90 Å². The molecule has 19 heavy (non-hydrogen) atoms. The van der Waals surface area contributed by atoms with Gasteiger partial charge < -0.3 is 9.84 Å². The van der Waals surface area contributed by atoms with E-state index < -0.39 is 0 Å². The van der Waals surface area contributed by atoms with Crippen LogP contribution in [0.25, 0.3) is 0 Å². The van der Waals surface area contributed by atoms with E-state index in [1.54, 1.807) is 7.11 Å². The zero-order valence-electron chi connectivity index (χ0n) is 12.2. The van der Waals surface area contributed by atoms with Gasteiger partial charge in [0.25, 0.3) is 0 Å². The number of phenolic OH excluding ortho intramolecular Hbond substituents is 1. The molecule has 0 saturated heterocycles. The van der Waals surface area contributed by atoms with Gasteiger partial charge in [-0.3, -0.25) is 4.90 Å². The fourth-order valence-electron chi connectivity index (χ4n) is 3.30. The van der Waals surface area contributed by atoms with Crippen LogP contribution >= 0.6 is 0 Å². The summed E-state index contributed by atoms with van der Waals surface area (Å²) in [4.78, 5) is 2.51. The number of ether oxygens (including phenoxy) is 1. The van der Waals surface area contributed by atoms with Crippen LogP contribution in [0.5, 0.6) is 5.75 Å². The summed E-state index contributed by atoms with van der Waals surface area (Å²) in [6.07, 6.45) is 3.47. The number of phenols is 1. The molecule has 0 saturated carbocycles. The maximum atomic E-state index is 9.63. The third-order valence-corrected chi connectivity index (χ3v) is 4.15. The van der Waals surface area contributed by atoms with Gasteiger partial charge in [-0.25, -0.2) is 0 Å². The van der Waals surface area contributed by atoms with Crippen molar-refractivity contribution < 1.29 is 9.84 Å². The molecule has 0 fully saturated rings. The molecule has 2 rings (SSSR count). The topological polar surface area (TPSA) is 32.7 Å². The fourth-order valence-corrected chi connectivity index (χ4v) is 3.30. The largest absolute Gasteiger partial charge is 0.508 e. The van der Waals surface area contributed by atoms with Gasteiger partial charge in [-0.05, 0) is 56.0 Å². The summed E-state index contributed by atoms with van der Waals surface area (Å²) in [5.74, 6) is 0.382. The quantitative estimate of drug-likeness (QED) is 0.886. The normalized spacial score (nSPS) is 20.3. The SMILES string of the molecule is CCN(C(C)COC)C1CCCc2cc(O)ccc21. The van der Waals surface area contributed by atoms with Crippen molar-refractivity contribution in [3.8, 4) is 5.75 Å². The lowest BCUT2D eigenvalue weighted by Gasteiger charge is -2.39. The van der Waals surface area contributed by atoms with Crippen LogP contribution < -0.4 is 0 Å². The van der Waals surface area contributed by atoms with Gasteiger partial charge in [0.15, 0.2) is 0 Å². The van der Waals surface area contributed by atoms with Gasteiger partial charge >= 0.3 is 0 Å². The lowest BCUT2D eigenvalue weighted by Crippen LogP contribution is -2.40. The molecule has 3 nitrogen and oxygen atoms in total. The highest BCUT2D eigenvalue weighted by Crippen LogP contribution is 2.36. The Morgan fingerprint density at radius 2 is 2.26 bits per heavy atom. The Kier molecular flexibility index (Phi) is 4.83. The molecule has 106 valence electrons. The molecule has 0 heterocycles. The number of rotatable bonds is 5. The third-order valence-electron chi connectivity index (χ3n) is 4.15. The molecule has 1 aromatic carbocycles. The molecule has 1 aromatic rings. The van der Waals surface area contributed by atoms with E-state index >= 15 is 0 Å². The molecule has 0 radical (unpaired) electrons. The van der Waals surface area contributed by atoms with Crippen LogP contribution in [0.2, 0.25) is 0 Å². The van der Waals surface area contributed by atoms with E-state index in [1.807, 2.05) is 12.1 Å². The van der Waals surface area contributed by atoms with Crippen molar-refractivity contribution in [3.05, 3.63) is 29.3 Å². The molecule has 0 aliphatic heterocycles.